The number of thiophene rings is 1. The van der Waals surface area contributed by atoms with Gasteiger partial charge in [-0.05, 0) is 42.1 Å². The fraction of sp³-hybridized carbons (Fsp3) is 0.158. The Balaban J connectivity index is 1.60. The molecular weight excluding hydrogens is 334 g/mol. The first kappa shape index (κ1) is 17.0. The molecule has 0 atom stereocenters. The van der Waals surface area contributed by atoms with E-state index in [-0.39, 0.29) is 6.03 Å². The average Bonchev–Trinajstić information content (AvgIpc) is 3.17. The molecule has 2 heterocycles. The van der Waals surface area contributed by atoms with Crippen molar-refractivity contribution in [2.75, 3.05) is 11.9 Å². The molecule has 0 unspecified atom stereocenters. The predicted octanol–water partition coefficient (Wildman–Crippen LogP) is 4.53. The molecule has 0 aliphatic carbocycles. The molecule has 0 radical (unpaired) electrons. The van der Waals surface area contributed by atoms with Crippen LogP contribution in [-0.4, -0.2) is 17.6 Å². The van der Waals surface area contributed by atoms with Gasteiger partial charge in [0, 0.05) is 29.4 Å². The molecule has 0 aliphatic rings. The second-order valence-electron chi connectivity index (χ2n) is 5.30. The molecule has 0 fully saturated rings. The highest BCUT2D eigenvalue weighted by Gasteiger charge is 2.07. The molecule has 2 amide bonds. The topological polar surface area (TPSA) is 63.2 Å². The average molecular weight is 353 g/mol. The Morgan fingerprint density at radius 1 is 1.20 bits per heavy atom. The van der Waals surface area contributed by atoms with Crippen molar-refractivity contribution in [3.63, 3.8) is 0 Å². The number of nitrogens with one attached hydrogen (secondary N) is 2. The molecule has 5 nitrogen and oxygen atoms in total. The van der Waals surface area contributed by atoms with Crippen LogP contribution in [0.25, 0.3) is 10.4 Å². The first-order chi connectivity index (χ1) is 12.3. The number of carbonyl (C=O) groups excluding carboxylic acids is 1. The standard InChI is InChI=1S/C19H19N3O2S/c1-2-24-17-7-4-3-6-16(17)22-19(23)21-12-14-10-15(13-20-11-14)18-8-5-9-25-18/h3-11,13H,2,12H2,1H3,(H2,21,22,23). The molecule has 0 spiro atoms. The number of pyridine rings is 1. The minimum Gasteiger partial charge on any atom is -0.492 e. The number of anilines is 1. The zero-order valence-electron chi connectivity index (χ0n) is 13.9. The molecule has 0 saturated heterocycles. The van der Waals surface area contributed by atoms with Gasteiger partial charge in [0.15, 0.2) is 0 Å². The summed E-state index contributed by atoms with van der Waals surface area (Å²) in [5.74, 6) is 0.654. The van der Waals surface area contributed by atoms with Crippen molar-refractivity contribution in [1.82, 2.24) is 10.3 Å². The van der Waals surface area contributed by atoms with Crippen molar-refractivity contribution >= 4 is 23.1 Å². The summed E-state index contributed by atoms with van der Waals surface area (Å²) in [6.45, 7) is 2.85. The third-order valence-corrected chi connectivity index (χ3v) is 4.41. The van der Waals surface area contributed by atoms with E-state index >= 15 is 0 Å². The van der Waals surface area contributed by atoms with Crippen LogP contribution in [0.4, 0.5) is 10.5 Å². The van der Waals surface area contributed by atoms with Crippen molar-refractivity contribution < 1.29 is 9.53 Å². The maximum absolute atomic E-state index is 12.2. The number of amides is 2. The third kappa shape index (κ3) is 4.58. The third-order valence-electron chi connectivity index (χ3n) is 3.49. The fourth-order valence-corrected chi connectivity index (χ4v) is 3.07. The highest BCUT2D eigenvalue weighted by atomic mass is 32.1. The zero-order chi connectivity index (χ0) is 17.5. The first-order valence-electron chi connectivity index (χ1n) is 8.00. The Bertz CT molecular complexity index is 834. The second kappa shape index (κ2) is 8.30. The summed E-state index contributed by atoms with van der Waals surface area (Å²) in [6, 6.07) is 13.2. The number of carbonyl (C=O) groups is 1. The van der Waals surface area contributed by atoms with Crippen molar-refractivity contribution in [2.45, 2.75) is 13.5 Å². The monoisotopic (exact) mass is 353 g/mol. The number of aromatic nitrogens is 1. The van der Waals surface area contributed by atoms with E-state index in [2.05, 4.69) is 21.7 Å². The second-order valence-corrected chi connectivity index (χ2v) is 6.24. The lowest BCUT2D eigenvalue weighted by Crippen LogP contribution is -2.28. The molecule has 1 aromatic carbocycles. The van der Waals surface area contributed by atoms with Gasteiger partial charge in [0.25, 0.3) is 0 Å². The Morgan fingerprint density at radius 2 is 2.08 bits per heavy atom. The van der Waals surface area contributed by atoms with E-state index in [9.17, 15) is 4.79 Å². The van der Waals surface area contributed by atoms with Crippen molar-refractivity contribution in [2.24, 2.45) is 0 Å². The minimum atomic E-state index is -0.284. The number of urea groups is 1. The lowest BCUT2D eigenvalue weighted by atomic mass is 10.2. The molecular formula is C19H19N3O2S. The summed E-state index contributed by atoms with van der Waals surface area (Å²) < 4.78 is 5.51. The number of benzene rings is 1. The Kier molecular flexibility index (Phi) is 5.64. The smallest absolute Gasteiger partial charge is 0.319 e. The summed E-state index contributed by atoms with van der Waals surface area (Å²) in [6.07, 6.45) is 3.58. The molecule has 0 aliphatic heterocycles. The maximum atomic E-state index is 12.2. The van der Waals surface area contributed by atoms with Gasteiger partial charge in [0.2, 0.25) is 0 Å². The fourth-order valence-electron chi connectivity index (χ4n) is 2.36. The number of nitrogens with zero attached hydrogens (tertiary/aromatic N) is 1. The number of rotatable bonds is 6. The van der Waals surface area contributed by atoms with Crippen LogP contribution in [0.1, 0.15) is 12.5 Å². The molecule has 6 heteroatoms. The summed E-state index contributed by atoms with van der Waals surface area (Å²) in [4.78, 5) is 17.6. The van der Waals surface area contributed by atoms with Crippen molar-refractivity contribution in [3.05, 3.63) is 65.8 Å². The van der Waals surface area contributed by atoms with Gasteiger partial charge >= 0.3 is 6.03 Å². The lowest BCUT2D eigenvalue weighted by molar-refractivity contribution is 0.251. The van der Waals surface area contributed by atoms with Gasteiger partial charge < -0.3 is 15.4 Å². The van der Waals surface area contributed by atoms with Crippen LogP contribution in [0, 0.1) is 0 Å². The number of para-hydroxylation sites is 2. The number of hydrogen-bond acceptors (Lipinski definition) is 4. The Labute approximate surface area is 150 Å². The van der Waals surface area contributed by atoms with Gasteiger partial charge in [-0.15, -0.1) is 11.3 Å². The van der Waals surface area contributed by atoms with Gasteiger partial charge in [-0.25, -0.2) is 4.79 Å². The van der Waals surface area contributed by atoms with Gasteiger partial charge in [0.05, 0.1) is 12.3 Å². The van der Waals surface area contributed by atoms with Gasteiger partial charge in [-0.3, -0.25) is 4.98 Å². The Morgan fingerprint density at radius 3 is 2.88 bits per heavy atom. The molecule has 0 bridgehead atoms. The van der Waals surface area contributed by atoms with E-state index in [4.69, 9.17) is 4.74 Å². The molecule has 128 valence electrons. The van der Waals surface area contributed by atoms with Crippen LogP contribution in [0.3, 0.4) is 0 Å². The summed E-state index contributed by atoms with van der Waals surface area (Å²) in [7, 11) is 0. The van der Waals surface area contributed by atoms with Crippen molar-refractivity contribution in [1.29, 1.82) is 0 Å². The maximum Gasteiger partial charge on any atom is 0.319 e. The normalized spacial score (nSPS) is 10.3. The molecule has 0 saturated carbocycles. The summed E-state index contributed by atoms with van der Waals surface area (Å²) in [5.41, 5.74) is 2.64. The quantitative estimate of drug-likeness (QED) is 0.684. The van der Waals surface area contributed by atoms with Gasteiger partial charge in [-0.1, -0.05) is 18.2 Å². The Hall–Kier alpha value is -2.86. The molecule has 2 aromatic heterocycles. The molecule has 3 aromatic rings. The SMILES string of the molecule is CCOc1ccccc1NC(=O)NCc1cncc(-c2cccs2)c1. The first-order valence-corrected chi connectivity index (χ1v) is 8.88. The van der Waals surface area contributed by atoms with E-state index in [1.807, 2.05) is 54.9 Å². The lowest BCUT2D eigenvalue weighted by Gasteiger charge is -2.12. The van der Waals surface area contributed by atoms with Crippen LogP contribution < -0.4 is 15.4 Å². The highest BCUT2D eigenvalue weighted by Crippen LogP contribution is 2.25. The van der Waals surface area contributed by atoms with Crippen LogP contribution in [-0.2, 0) is 6.54 Å². The molecule has 2 N–H and O–H groups in total. The molecule has 25 heavy (non-hydrogen) atoms. The molecule has 3 rings (SSSR count). The van der Waals surface area contributed by atoms with E-state index < -0.39 is 0 Å². The van der Waals surface area contributed by atoms with E-state index in [0.717, 1.165) is 16.0 Å². The van der Waals surface area contributed by atoms with Gasteiger partial charge in [0.1, 0.15) is 5.75 Å². The zero-order valence-corrected chi connectivity index (χ0v) is 14.7. The summed E-state index contributed by atoms with van der Waals surface area (Å²) >= 11 is 1.66. The largest absolute Gasteiger partial charge is 0.492 e. The van der Waals surface area contributed by atoms with Crippen LogP contribution in [0.2, 0.25) is 0 Å². The van der Waals surface area contributed by atoms with E-state index in [0.29, 0.717) is 24.6 Å². The van der Waals surface area contributed by atoms with E-state index in [1.165, 1.54) is 0 Å². The predicted molar refractivity (Wildman–Crippen MR) is 101 cm³/mol. The number of hydrogen-bond donors (Lipinski definition) is 2. The summed E-state index contributed by atoms with van der Waals surface area (Å²) in [5, 5.41) is 7.69. The van der Waals surface area contributed by atoms with Gasteiger partial charge in [-0.2, -0.15) is 0 Å². The van der Waals surface area contributed by atoms with Crippen molar-refractivity contribution in [3.8, 4) is 16.2 Å². The van der Waals surface area contributed by atoms with Crippen LogP contribution in [0.15, 0.2) is 60.2 Å². The highest BCUT2D eigenvalue weighted by molar-refractivity contribution is 7.13. The van der Waals surface area contributed by atoms with Crippen LogP contribution in [0.5, 0.6) is 5.75 Å². The number of ether oxygens (including phenoxy) is 1. The van der Waals surface area contributed by atoms with E-state index in [1.54, 1.807) is 17.5 Å². The van der Waals surface area contributed by atoms with Crippen LogP contribution >= 0.6 is 11.3 Å². The minimum absolute atomic E-state index is 0.284.